The molecule has 12 unspecified atom stereocenters. The fraction of sp³-hybridized carbons (Fsp3) is 0.619. The molecule has 8 aliphatic carbocycles. The monoisotopic (exact) mass is 318 g/mol. The molecule has 2 spiro atoms. The lowest BCUT2D eigenvalue weighted by Gasteiger charge is -2.76. The van der Waals surface area contributed by atoms with E-state index in [1.165, 1.54) is 17.6 Å². The molecule has 6 saturated carbocycles. The van der Waals surface area contributed by atoms with Gasteiger partial charge in [-0.25, -0.2) is 0 Å². The molecule has 3 nitrogen and oxygen atoms in total. The van der Waals surface area contributed by atoms with Gasteiger partial charge in [0, 0.05) is 22.7 Å². The van der Waals surface area contributed by atoms with E-state index in [0.717, 1.165) is 11.8 Å². The van der Waals surface area contributed by atoms with Crippen molar-refractivity contribution in [1.29, 1.82) is 0 Å². The summed E-state index contributed by atoms with van der Waals surface area (Å²) in [6.07, 6.45) is 5.85. The third-order valence-electron chi connectivity index (χ3n) is 10.3. The van der Waals surface area contributed by atoms with Gasteiger partial charge in [0.1, 0.15) is 0 Å². The van der Waals surface area contributed by atoms with E-state index >= 15 is 0 Å². The molecule has 0 aromatic heterocycles. The van der Waals surface area contributed by atoms with Gasteiger partial charge in [-0.15, -0.1) is 0 Å². The number of esters is 2. The number of rotatable bonds is 0. The topological polar surface area (TPSA) is 43.4 Å². The third-order valence-corrected chi connectivity index (χ3v) is 10.3. The second-order valence-electron chi connectivity index (χ2n) is 9.68. The van der Waals surface area contributed by atoms with E-state index in [9.17, 15) is 9.59 Å². The van der Waals surface area contributed by atoms with Crippen molar-refractivity contribution in [1.82, 2.24) is 0 Å². The van der Waals surface area contributed by atoms with Gasteiger partial charge in [0.05, 0.1) is 11.8 Å². The van der Waals surface area contributed by atoms with Crippen LogP contribution in [0.2, 0.25) is 0 Å². The fourth-order valence-corrected chi connectivity index (χ4v) is 10.6. The highest BCUT2D eigenvalue weighted by atomic mass is 16.6. The molecule has 1 saturated heterocycles. The maximum absolute atomic E-state index is 12.5. The van der Waals surface area contributed by atoms with Crippen LogP contribution in [0.15, 0.2) is 36.5 Å². The zero-order valence-electron chi connectivity index (χ0n) is 13.3. The van der Waals surface area contributed by atoms with Crippen LogP contribution in [0.25, 0.3) is 0 Å². The Kier molecular flexibility index (Phi) is 1.37. The summed E-state index contributed by atoms with van der Waals surface area (Å²) in [7, 11) is 0. The molecule has 0 N–H and O–H groups in total. The van der Waals surface area contributed by atoms with Gasteiger partial charge in [-0.3, -0.25) is 9.59 Å². The number of ether oxygens (including phenoxy) is 1. The Hall–Kier alpha value is -1.64. The van der Waals surface area contributed by atoms with Gasteiger partial charge in [-0.2, -0.15) is 0 Å². The third kappa shape index (κ3) is 0.650. The van der Waals surface area contributed by atoms with E-state index in [4.69, 9.17) is 4.74 Å². The second kappa shape index (κ2) is 2.79. The Morgan fingerprint density at radius 2 is 1.29 bits per heavy atom. The van der Waals surface area contributed by atoms with Crippen molar-refractivity contribution in [2.24, 2.45) is 70.0 Å². The van der Waals surface area contributed by atoms with Crippen molar-refractivity contribution in [2.75, 3.05) is 0 Å². The van der Waals surface area contributed by atoms with E-state index in [1.807, 2.05) is 0 Å². The summed E-state index contributed by atoms with van der Waals surface area (Å²) in [4.78, 5) is 25.0. The predicted octanol–water partition coefficient (Wildman–Crippen LogP) is 2.36. The second-order valence-corrected chi connectivity index (χ2v) is 9.68. The van der Waals surface area contributed by atoms with Crippen LogP contribution in [0.1, 0.15) is 6.42 Å². The molecule has 1 heterocycles. The Bertz CT molecular complexity index is 827. The zero-order valence-corrected chi connectivity index (χ0v) is 13.3. The van der Waals surface area contributed by atoms with Crippen molar-refractivity contribution in [3.05, 3.63) is 36.5 Å². The first-order valence-corrected chi connectivity index (χ1v) is 9.40. The molecule has 0 radical (unpaired) electrons. The van der Waals surface area contributed by atoms with Gasteiger partial charge in [0.15, 0.2) is 0 Å². The standard InChI is InChI=1S/C21H18O3/c1-6-12-8-5-9-13(12)7(2)21-11-4-3-10(20(6,21)16(8)17(9)21)14-15(11)19(23)24-18(14)22/h3-4,8-17H,1-2,5H2. The van der Waals surface area contributed by atoms with Crippen LogP contribution >= 0.6 is 0 Å². The summed E-state index contributed by atoms with van der Waals surface area (Å²) < 4.78 is 5.14. The minimum atomic E-state index is -0.278. The Labute approximate surface area is 139 Å². The maximum atomic E-state index is 12.5. The van der Waals surface area contributed by atoms with E-state index in [0.29, 0.717) is 23.7 Å². The van der Waals surface area contributed by atoms with Crippen LogP contribution in [0, 0.1) is 70.0 Å². The fourth-order valence-electron chi connectivity index (χ4n) is 10.6. The van der Waals surface area contributed by atoms with Gasteiger partial charge in [-0.1, -0.05) is 36.5 Å². The minimum Gasteiger partial charge on any atom is -0.393 e. The van der Waals surface area contributed by atoms with Gasteiger partial charge < -0.3 is 4.74 Å². The average molecular weight is 318 g/mol. The van der Waals surface area contributed by atoms with Crippen LogP contribution in [0.3, 0.4) is 0 Å². The number of carbonyl (C=O) groups is 2. The van der Waals surface area contributed by atoms with Gasteiger partial charge >= 0.3 is 11.9 Å². The van der Waals surface area contributed by atoms with Crippen molar-refractivity contribution >= 4 is 11.9 Å². The van der Waals surface area contributed by atoms with Crippen LogP contribution < -0.4 is 0 Å². The summed E-state index contributed by atoms with van der Waals surface area (Å²) in [5.74, 6) is 3.28. The van der Waals surface area contributed by atoms with Crippen LogP contribution in [-0.2, 0) is 14.3 Å². The van der Waals surface area contributed by atoms with Crippen molar-refractivity contribution < 1.29 is 14.3 Å². The number of allylic oxidation sites excluding steroid dienone is 4. The average Bonchev–Trinajstić information content (AvgIpc) is 3.18. The Morgan fingerprint density at radius 1 is 0.833 bits per heavy atom. The quantitative estimate of drug-likeness (QED) is 0.391. The normalized spacial score (nSPS) is 70.3. The lowest BCUT2D eigenvalue weighted by molar-refractivity contribution is -0.237. The van der Waals surface area contributed by atoms with E-state index in [-0.39, 0.29) is 46.4 Å². The highest BCUT2D eigenvalue weighted by Gasteiger charge is 2.96. The van der Waals surface area contributed by atoms with E-state index in [1.54, 1.807) is 0 Å². The first kappa shape index (κ1) is 11.8. The number of hydrogen-bond donors (Lipinski definition) is 0. The summed E-state index contributed by atoms with van der Waals surface area (Å²) in [5, 5.41) is 0. The smallest absolute Gasteiger partial charge is 0.318 e. The number of cyclic esters (lactones) is 2. The molecule has 9 rings (SSSR count). The van der Waals surface area contributed by atoms with Crippen LogP contribution in [0.5, 0.6) is 0 Å². The van der Waals surface area contributed by atoms with Crippen molar-refractivity contribution in [3.8, 4) is 0 Å². The highest BCUT2D eigenvalue weighted by molar-refractivity contribution is 5.98. The lowest BCUT2D eigenvalue weighted by atomic mass is 9.25. The molecule has 24 heavy (non-hydrogen) atoms. The molecule has 7 fully saturated rings. The summed E-state index contributed by atoms with van der Waals surface area (Å²) in [6.45, 7) is 9.29. The molecular formula is C21H18O3. The molecule has 4 bridgehead atoms. The first-order chi connectivity index (χ1) is 11.6. The zero-order chi connectivity index (χ0) is 15.9. The van der Waals surface area contributed by atoms with Crippen LogP contribution in [-0.4, -0.2) is 11.9 Å². The molecule has 0 aromatic carbocycles. The van der Waals surface area contributed by atoms with Gasteiger partial charge in [-0.05, 0) is 41.9 Å². The number of fused-ring (bicyclic) bond motifs is 1. The molecule has 120 valence electrons. The summed E-state index contributed by atoms with van der Waals surface area (Å²) >= 11 is 0. The molecule has 0 aromatic rings. The molecule has 1 aliphatic heterocycles. The largest absolute Gasteiger partial charge is 0.393 e. The summed E-state index contributed by atoms with van der Waals surface area (Å²) in [6, 6.07) is 0. The number of hydrogen-bond acceptors (Lipinski definition) is 3. The molecular weight excluding hydrogens is 300 g/mol. The van der Waals surface area contributed by atoms with Crippen molar-refractivity contribution in [3.63, 3.8) is 0 Å². The van der Waals surface area contributed by atoms with E-state index < -0.39 is 0 Å². The lowest BCUT2D eigenvalue weighted by Crippen LogP contribution is -2.75. The highest BCUT2D eigenvalue weighted by Crippen LogP contribution is 2.99. The maximum Gasteiger partial charge on any atom is 0.318 e. The first-order valence-electron chi connectivity index (χ1n) is 9.40. The van der Waals surface area contributed by atoms with Crippen molar-refractivity contribution in [2.45, 2.75) is 6.42 Å². The van der Waals surface area contributed by atoms with Crippen LogP contribution in [0.4, 0.5) is 0 Å². The number of carbonyl (C=O) groups excluding carboxylic acids is 2. The van der Waals surface area contributed by atoms with E-state index in [2.05, 4.69) is 25.3 Å². The van der Waals surface area contributed by atoms with Gasteiger partial charge in [0.2, 0.25) is 0 Å². The molecule has 9 aliphatic rings. The SMILES string of the molecule is C=C1C2C3CC4C2C(=C)C25C6C=CC(C7C(=O)OC(=O)C76)C12C3C45. The van der Waals surface area contributed by atoms with Gasteiger partial charge in [0.25, 0.3) is 0 Å². The molecule has 12 atom stereocenters. The minimum absolute atomic E-state index is 0.0239. The Morgan fingerprint density at radius 3 is 1.75 bits per heavy atom. The predicted molar refractivity (Wildman–Crippen MR) is 82.9 cm³/mol. The Balaban J connectivity index is 1.52. The summed E-state index contributed by atoms with van der Waals surface area (Å²) in [5.41, 5.74) is 2.90. The molecule has 0 amide bonds. The molecule has 3 heteroatoms.